The average Bonchev–Trinajstić information content (AvgIpc) is 2.18. The van der Waals surface area contributed by atoms with Gasteiger partial charge in [0.25, 0.3) is 0 Å². The van der Waals surface area contributed by atoms with E-state index in [1.54, 1.807) is 0 Å². The van der Waals surface area contributed by atoms with Crippen molar-refractivity contribution in [3.8, 4) is 0 Å². The zero-order valence-electron chi connectivity index (χ0n) is 10.2. The molecule has 0 radical (unpaired) electrons. The van der Waals surface area contributed by atoms with Crippen molar-refractivity contribution in [2.45, 2.75) is 44.4 Å². The molecule has 0 aromatic carbocycles. The molecule has 2 atom stereocenters. The number of Topliss-reactive ketones (excluding diaryl/α,β-unsaturated/α-hetero) is 1. The number of carbonyl (C=O) groups excluding carboxylic acids is 1. The number of ketones is 1. The monoisotopic (exact) mass is 326 g/mol. The van der Waals surface area contributed by atoms with Crippen LogP contribution in [0.2, 0.25) is 0 Å². The first-order valence-corrected chi connectivity index (χ1v) is 8.57. The Labute approximate surface area is 110 Å². The van der Waals surface area contributed by atoms with E-state index in [1.165, 1.54) is 0 Å². The Morgan fingerprint density at radius 2 is 2.00 bits per heavy atom. The van der Waals surface area contributed by atoms with E-state index >= 15 is 0 Å². The number of hydrogen-bond acceptors (Lipinski definition) is 2. The SMILES string of the molecule is CC(C)(CCP(=O)(O)O)C1CCCC(Br)C1=O. The summed E-state index contributed by atoms with van der Waals surface area (Å²) in [5.41, 5.74) is -0.343. The lowest BCUT2D eigenvalue weighted by molar-refractivity contribution is -0.127. The highest BCUT2D eigenvalue weighted by molar-refractivity contribution is 9.10. The van der Waals surface area contributed by atoms with E-state index in [9.17, 15) is 9.36 Å². The molecule has 4 nitrogen and oxygen atoms in total. The molecule has 2 N–H and O–H groups in total. The van der Waals surface area contributed by atoms with Gasteiger partial charge in [-0.05, 0) is 24.7 Å². The Morgan fingerprint density at radius 3 is 2.53 bits per heavy atom. The zero-order chi connectivity index (χ0) is 13.3. The number of hydrogen-bond donors (Lipinski definition) is 2. The summed E-state index contributed by atoms with van der Waals surface area (Å²) in [5, 5.41) is 0. The van der Waals surface area contributed by atoms with Crippen molar-refractivity contribution in [2.75, 3.05) is 6.16 Å². The first-order valence-electron chi connectivity index (χ1n) is 5.86. The number of rotatable bonds is 4. The maximum atomic E-state index is 12.1. The first kappa shape index (κ1) is 15.4. The molecule has 1 rings (SSSR count). The molecule has 0 spiro atoms. The molecule has 1 aliphatic rings. The van der Waals surface area contributed by atoms with Gasteiger partial charge in [-0.1, -0.05) is 36.2 Å². The summed E-state index contributed by atoms with van der Waals surface area (Å²) in [5.74, 6) is 0.0964. The molecule has 100 valence electrons. The van der Waals surface area contributed by atoms with Crippen molar-refractivity contribution >= 4 is 29.3 Å². The summed E-state index contributed by atoms with van der Waals surface area (Å²) in [6, 6.07) is 0. The zero-order valence-corrected chi connectivity index (χ0v) is 12.7. The van der Waals surface area contributed by atoms with Gasteiger partial charge >= 0.3 is 7.60 Å². The molecule has 0 amide bonds. The topological polar surface area (TPSA) is 74.6 Å². The summed E-state index contributed by atoms with van der Waals surface area (Å²) in [6.07, 6.45) is 2.93. The molecule has 1 fully saturated rings. The molecule has 1 saturated carbocycles. The Morgan fingerprint density at radius 1 is 1.41 bits per heavy atom. The van der Waals surface area contributed by atoms with Crippen LogP contribution in [-0.2, 0) is 9.36 Å². The highest BCUT2D eigenvalue weighted by atomic mass is 79.9. The van der Waals surface area contributed by atoms with Crippen LogP contribution in [0.15, 0.2) is 0 Å². The van der Waals surface area contributed by atoms with Crippen LogP contribution in [-0.4, -0.2) is 26.6 Å². The summed E-state index contributed by atoms with van der Waals surface area (Å²) < 4.78 is 10.9. The van der Waals surface area contributed by atoms with E-state index in [2.05, 4.69) is 15.9 Å². The van der Waals surface area contributed by atoms with Gasteiger partial charge < -0.3 is 9.79 Å². The fraction of sp³-hybridized carbons (Fsp3) is 0.909. The molecular formula is C11H20BrO4P. The van der Waals surface area contributed by atoms with Crippen LogP contribution >= 0.6 is 23.5 Å². The Balaban J connectivity index is 2.68. The Kier molecular flexibility index (Phi) is 4.98. The highest BCUT2D eigenvalue weighted by Gasteiger charge is 2.40. The molecule has 0 aromatic rings. The molecule has 2 unspecified atom stereocenters. The maximum absolute atomic E-state index is 12.1. The summed E-state index contributed by atoms with van der Waals surface area (Å²) >= 11 is 3.37. The van der Waals surface area contributed by atoms with Gasteiger partial charge in [0.15, 0.2) is 0 Å². The fourth-order valence-corrected chi connectivity index (χ4v) is 3.90. The maximum Gasteiger partial charge on any atom is 0.325 e. The van der Waals surface area contributed by atoms with E-state index in [0.29, 0.717) is 6.42 Å². The number of alkyl halides is 1. The molecule has 6 heteroatoms. The highest BCUT2D eigenvalue weighted by Crippen LogP contribution is 2.45. The van der Waals surface area contributed by atoms with Crippen molar-refractivity contribution in [3.63, 3.8) is 0 Å². The van der Waals surface area contributed by atoms with E-state index in [1.807, 2.05) is 13.8 Å². The van der Waals surface area contributed by atoms with Gasteiger partial charge in [0, 0.05) is 5.92 Å². The third kappa shape index (κ3) is 4.47. The van der Waals surface area contributed by atoms with E-state index in [-0.39, 0.29) is 28.1 Å². The van der Waals surface area contributed by atoms with Gasteiger partial charge in [-0.15, -0.1) is 0 Å². The van der Waals surface area contributed by atoms with Crippen LogP contribution in [0.3, 0.4) is 0 Å². The van der Waals surface area contributed by atoms with Crippen molar-refractivity contribution in [2.24, 2.45) is 11.3 Å². The molecule has 0 saturated heterocycles. The molecule has 0 aliphatic heterocycles. The minimum absolute atomic E-state index is 0.0874. The van der Waals surface area contributed by atoms with Gasteiger partial charge in [0.2, 0.25) is 0 Å². The van der Waals surface area contributed by atoms with Gasteiger partial charge in [-0.25, -0.2) is 0 Å². The van der Waals surface area contributed by atoms with Gasteiger partial charge in [0.1, 0.15) is 5.78 Å². The lowest BCUT2D eigenvalue weighted by atomic mass is 9.69. The fourth-order valence-electron chi connectivity index (χ4n) is 2.39. The number of halogens is 1. The third-order valence-corrected chi connectivity index (χ3v) is 5.31. The van der Waals surface area contributed by atoms with Crippen LogP contribution in [0.5, 0.6) is 0 Å². The predicted octanol–water partition coefficient (Wildman–Crippen LogP) is 2.71. The largest absolute Gasteiger partial charge is 0.325 e. The van der Waals surface area contributed by atoms with Crippen LogP contribution in [0.1, 0.15) is 39.5 Å². The van der Waals surface area contributed by atoms with E-state index in [4.69, 9.17) is 9.79 Å². The van der Waals surface area contributed by atoms with Crippen molar-refractivity contribution < 1.29 is 19.1 Å². The molecule has 17 heavy (non-hydrogen) atoms. The van der Waals surface area contributed by atoms with Crippen LogP contribution in [0.4, 0.5) is 0 Å². The van der Waals surface area contributed by atoms with Crippen molar-refractivity contribution in [1.82, 2.24) is 0 Å². The van der Waals surface area contributed by atoms with Crippen LogP contribution in [0, 0.1) is 11.3 Å². The Hall–Kier alpha value is 0.300. The van der Waals surface area contributed by atoms with Crippen molar-refractivity contribution in [1.29, 1.82) is 0 Å². The van der Waals surface area contributed by atoms with E-state index in [0.717, 1.165) is 19.3 Å². The average molecular weight is 327 g/mol. The minimum Gasteiger partial charge on any atom is -0.324 e. The predicted molar refractivity (Wildman–Crippen MR) is 70.4 cm³/mol. The second kappa shape index (κ2) is 5.52. The molecule has 0 bridgehead atoms. The quantitative estimate of drug-likeness (QED) is 0.615. The van der Waals surface area contributed by atoms with Crippen molar-refractivity contribution in [3.05, 3.63) is 0 Å². The van der Waals surface area contributed by atoms with Gasteiger partial charge in [-0.3, -0.25) is 9.36 Å². The second-order valence-corrected chi connectivity index (χ2v) is 8.36. The minimum atomic E-state index is -3.97. The molecule has 0 heterocycles. The standard InChI is InChI=1S/C11H20BrO4P/c1-11(2,6-7-17(14,15)16)8-4-3-5-9(12)10(8)13/h8-9H,3-7H2,1-2H3,(H2,14,15,16). The Bertz CT molecular complexity index is 336. The third-order valence-electron chi connectivity index (χ3n) is 3.59. The summed E-state index contributed by atoms with van der Waals surface area (Å²) in [7, 11) is -3.97. The summed E-state index contributed by atoms with van der Waals surface area (Å²) in [6.45, 7) is 3.85. The van der Waals surface area contributed by atoms with Crippen LogP contribution < -0.4 is 0 Å². The smallest absolute Gasteiger partial charge is 0.324 e. The normalized spacial score (nSPS) is 27.2. The number of carbonyl (C=O) groups is 1. The molecular weight excluding hydrogens is 307 g/mol. The second-order valence-electron chi connectivity index (χ2n) is 5.48. The first-order chi connectivity index (χ1) is 7.63. The lowest BCUT2D eigenvalue weighted by Gasteiger charge is -2.37. The van der Waals surface area contributed by atoms with Gasteiger partial charge in [-0.2, -0.15) is 0 Å². The summed E-state index contributed by atoms with van der Waals surface area (Å²) in [4.78, 5) is 29.8. The van der Waals surface area contributed by atoms with Crippen LogP contribution in [0.25, 0.3) is 0 Å². The van der Waals surface area contributed by atoms with Gasteiger partial charge in [0.05, 0.1) is 11.0 Å². The molecule has 0 aromatic heterocycles. The molecule has 1 aliphatic carbocycles. The van der Waals surface area contributed by atoms with E-state index < -0.39 is 7.60 Å². The lowest BCUT2D eigenvalue weighted by Crippen LogP contribution is -2.39.